The fourth-order valence-electron chi connectivity index (χ4n) is 1.24. The van der Waals surface area contributed by atoms with Gasteiger partial charge in [-0.3, -0.25) is 0 Å². The molecule has 0 N–H and O–H groups in total. The quantitative estimate of drug-likeness (QED) is 0.791. The molecule has 2 rings (SSSR count). The molecule has 0 amide bonds. The van der Waals surface area contributed by atoms with Gasteiger partial charge in [0, 0.05) is 0 Å². The summed E-state index contributed by atoms with van der Waals surface area (Å²) in [5.74, 6) is 0.756. The van der Waals surface area contributed by atoms with Gasteiger partial charge in [-0.15, -0.1) is 10.2 Å². The Kier molecular flexibility index (Phi) is 3.90. The lowest BCUT2D eigenvalue weighted by atomic mass is 10.2. The van der Waals surface area contributed by atoms with E-state index in [1.165, 1.54) is 17.3 Å². The molecule has 0 bridgehead atoms. The second-order valence-corrected chi connectivity index (χ2v) is 4.81. The van der Waals surface area contributed by atoms with Gasteiger partial charge in [0.1, 0.15) is 18.4 Å². The van der Waals surface area contributed by atoms with E-state index in [1.54, 1.807) is 13.3 Å². The van der Waals surface area contributed by atoms with E-state index in [2.05, 4.69) is 47.2 Å². The molecule has 7 heteroatoms. The molecule has 0 spiro atoms. The Morgan fingerprint density at radius 3 is 2.35 bits per heavy atom. The van der Waals surface area contributed by atoms with Crippen molar-refractivity contribution in [3.8, 4) is 5.75 Å². The first-order valence-electron chi connectivity index (χ1n) is 4.62. The van der Waals surface area contributed by atoms with Crippen LogP contribution in [0.2, 0.25) is 0 Å². The molecule has 0 atom stereocenters. The van der Waals surface area contributed by atoms with Crippen molar-refractivity contribution in [3.63, 3.8) is 0 Å². The molecule has 88 valence electrons. The number of ether oxygens (including phenoxy) is 1. The lowest BCUT2D eigenvalue weighted by Gasteiger charge is -2.06. The Morgan fingerprint density at radius 2 is 1.82 bits per heavy atom. The summed E-state index contributed by atoms with van der Waals surface area (Å²) < 4.78 is 8.46. The maximum atomic E-state index is 5.22. The summed E-state index contributed by atoms with van der Waals surface area (Å²) in [5.41, 5.74) is 0.929. The molecule has 1 aromatic carbocycles. The molecule has 1 aromatic heterocycles. The fraction of sp³-hybridized carbons (Fsp3) is 0.100. The van der Waals surface area contributed by atoms with E-state index >= 15 is 0 Å². The number of benzene rings is 1. The predicted molar refractivity (Wildman–Crippen MR) is 71.4 cm³/mol. The van der Waals surface area contributed by atoms with Gasteiger partial charge in [-0.05, 0) is 49.6 Å². The van der Waals surface area contributed by atoms with Crippen LogP contribution in [0.4, 0.5) is 0 Å². The largest absolute Gasteiger partial charge is 0.494 e. The van der Waals surface area contributed by atoms with Crippen molar-refractivity contribution in [2.75, 3.05) is 7.11 Å². The Bertz CT molecular complexity index is 516. The smallest absolute Gasteiger partial charge is 0.147 e. The second-order valence-electron chi connectivity index (χ2n) is 3.10. The number of nitrogens with zero attached hydrogens (tertiary/aromatic N) is 4. The molecule has 0 aliphatic heterocycles. The van der Waals surface area contributed by atoms with Crippen molar-refractivity contribution >= 4 is 38.1 Å². The van der Waals surface area contributed by atoms with E-state index < -0.39 is 0 Å². The fourth-order valence-corrected chi connectivity index (χ4v) is 2.78. The number of methoxy groups -OCH3 is 1. The van der Waals surface area contributed by atoms with Gasteiger partial charge in [0.15, 0.2) is 0 Å². The highest BCUT2D eigenvalue weighted by molar-refractivity contribution is 9.11. The van der Waals surface area contributed by atoms with Crippen LogP contribution in [0.3, 0.4) is 0 Å². The third kappa shape index (κ3) is 2.92. The summed E-state index contributed by atoms with van der Waals surface area (Å²) in [6, 6.07) is 3.83. The highest BCUT2D eigenvalue weighted by Gasteiger charge is 2.06. The van der Waals surface area contributed by atoms with Crippen molar-refractivity contribution in [1.29, 1.82) is 0 Å². The summed E-state index contributed by atoms with van der Waals surface area (Å²) in [5, 5.41) is 11.5. The van der Waals surface area contributed by atoms with E-state index in [4.69, 9.17) is 4.74 Å². The van der Waals surface area contributed by atoms with E-state index in [1.807, 2.05) is 12.1 Å². The van der Waals surface area contributed by atoms with Crippen molar-refractivity contribution in [2.24, 2.45) is 5.10 Å². The standard InChI is InChI=1S/C10H8Br2N4O/c1-17-10-8(11)2-7(3-9(10)12)4-15-16-5-13-14-6-16/h2-6H,1H3/b15-4-. The van der Waals surface area contributed by atoms with Crippen molar-refractivity contribution in [3.05, 3.63) is 39.3 Å². The predicted octanol–water partition coefficient (Wildman–Crippen LogP) is 2.69. The minimum absolute atomic E-state index is 0.756. The highest BCUT2D eigenvalue weighted by Crippen LogP contribution is 2.33. The zero-order chi connectivity index (χ0) is 12.3. The van der Waals surface area contributed by atoms with Crippen LogP contribution in [-0.4, -0.2) is 28.2 Å². The molecule has 0 aliphatic carbocycles. The summed E-state index contributed by atoms with van der Waals surface area (Å²) in [6.07, 6.45) is 4.74. The summed E-state index contributed by atoms with van der Waals surface area (Å²) in [6.45, 7) is 0. The summed E-state index contributed by atoms with van der Waals surface area (Å²) >= 11 is 6.86. The minimum atomic E-state index is 0.756. The number of aromatic nitrogens is 3. The first-order valence-corrected chi connectivity index (χ1v) is 6.21. The molecule has 0 saturated carbocycles. The molecule has 0 aliphatic rings. The van der Waals surface area contributed by atoms with Gasteiger partial charge in [-0.25, -0.2) is 4.68 Å². The van der Waals surface area contributed by atoms with Crippen LogP contribution in [0.5, 0.6) is 5.75 Å². The molecule has 17 heavy (non-hydrogen) atoms. The molecular weight excluding hydrogens is 352 g/mol. The van der Waals surface area contributed by atoms with Crippen molar-refractivity contribution < 1.29 is 4.74 Å². The Balaban J connectivity index is 2.29. The zero-order valence-corrected chi connectivity index (χ0v) is 12.0. The van der Waals surface area contributed by atoms with E-state index in [0.717, 1.165) is 20.3 Å². The number of halogens is 2. The summed E-state index contributed by atoms with van der Waals surface area (Å²) in [4.78, 5) is 0. The Morgan fingerprint density at radius 1 is 1.24 bits per heavy atom. The van der Waals surface area contributed by atoms with Crippen LogP contribution in [0.1, 0.15) is 5.56 Å². The third-order valence-electron chi connectivity index (χ3n) is 1.97. The highest BCUT2D eigenvalue weighted by atomic mass is 79.9. The summed E-state index contributed by atoms with van der Waals surface area (Å²) in [7, 11) is 1.62. The van der Waals surface area contributed by atoms with Gasteiger partial charge in [0.25, 0.3) is 0 Å². The van der Waals surface area contributed by atoms with Gasteiger partial charge < -0.3 is 4.74 Å². The van der Waals surface area contributed by atoms with Crippen LogP contribution in [-0.2, 0) is 0 Å². The number of rotatable bonds is 3. The maximum absolute atomic E-state index is 5.22. The van der Waals surface area contributed by atoms with E-state index in [0.29, 0.717) is 0 Å². The average Bonchev–Trinajstić information content (AvgIpc) is 2.79. The average molecular weight is 360 g/mol. The third-order valence-corrected chi connectivity index (χ3v) is 3.15. The van der Waals surface area contributed by atoms with Crippen LogP contribution < -0.4 is 4.74 Å². The molecule has 0 unspecified atom stereocenters. The van der Waals surface area contributed by atoms with Gasteiger partial charge in [0.2, 0.25) is 0 Å². The first-order chi connectivity index (χ1) is 8.20. The molecule has 5 nitrogen and oxygen atoms in total. The minimum Gasteiger partial charge on any atom is -0.494 e. The zero-order valence-electron chi connectivity index (χ0n) is 8.84. The van der Waals surface area contributed by atoms with Crippen molar-refractivity contribution in [2.45, 2.75) is 0 Å². The van der Waals surface area contributed by atoms with Gasteiger partial charge >= 0.3 is 0 Å². The Hall–Kier alpha value is -1.21. The van der Waals surface area contributed by atoms with E-state index in [9.17, 15) is 0 Å². The normalized spacial score (nSPS) is 11.0. The van der Waals surface area contributed by atoms with Crippen molar-refractivity contribution in [1.82, 2.24) is 14.9 Å². The molecular formula is C10H8Br2N4O. The van der Waals surface area contributed by atoms with Crippen LogP contribution in [0.15, 0.2) is 38.8 Å². The molecule has 1 heterocycles. The van der Waals surface area contributed by atoms with Gasteiger partial charge in [0.05, 0.1) is 22.3 Å². The van der Waals surface area contributed by atoms with Gasteiger partial charge in [-0.2, -0.15) is 5.10 Å². The van der Waals surface area contributed by atoms with E-state index in [-0.39, 0.29) is 0 Å². The molecule has 0 fully saturated rings. The Labute approximate surface area is 115 Å². The second kappa shape index (κ2) is 5.42. The number of hydrogen-bond acceptors (Lipinski definition) is 4. The topological polar surface area (TPSA) is 52.3 Å². The van der Waals surface area contributed by atoms with Crippen LogP contribution in [0.25, 0.3) is 0 Å². The first kappa shape index (κ1) is 12.3. The SMILES string of the molecule is COc1c(Br)cc(/C=N\n2cnnc2)cc1Br. The molecule has 0 saturated heterocycles. The molecule has 0 radical (unpaired) electrons. The molecule has 2 aromatic rings. The monoisotopic (exact) mass is 358 g/mol. The van der Waals surface area contributed by atoms with Crippen LogP contribution in [0, 0.1) is 0 Å². The number of hydrogen-bond donors (Lipinski definition) is 0. The van der Waals surface area contributed by atoms with Crippen LogP contribution >= 0.6 is 31.9 Å². The lowest BCUT2D eigenvalue weighted by Crippen LogP contribution is -1.91. The maximum Gasteiger partial charge on any atom is 0.147 e. The lowest BCUT2D eigenvalue weighted by molar-refractivity contribution is 0.409. The van der Waals surface area contributed by atoms with Gasteiger partial charge in [-0.1, -0.05) is 0 Å².